The second kappa shape index (κ2) is 5.73. The van der Waals surface area contributed by atoms with E-state index < -0.39 is 0 Å². The Kier molecular flexibility index (Phi) is 3.72. The van der Waals surface area contributed by atoms with Crippen molar-refractivity contribution in [1.82, 2.24) is 4.98 Å². The van der Waals surface area contributed by atoms with Crippen molar-refractivity contribution in [1.29, 1.82) is 0 Å². The molecule has 27 heavy (non-hydrogen) atoms. The SMILES string of the molecule is CC1C=C2CC(O)CC[C@]2(C)[C@@H]2CC[C@]3(C)C(c4cnco4)=C(O)C[C@H]3[C@H]12. The van der Waals surface area contributed by atoms with Gasteiger partial charge in [-0.05, 0) is 61.2 Å². The lowest BCUT2D eigenvalue weighted by Crippen LogP contribution is -2.52. The average molecular weight is 370 g/mol. The summed E-state index contributed by atoms with van der Waals surface area (Å²) < 4.78 is 5.61. The van der Waals surface area contributed by atoms with Crippen LogP contribution >= 0.6 is 0 Å². The number of aliphatic hydroxyl groups excluding tert-OH is 2. The van der Waals surface area contributed by atoms with Crippen molar-refractivity contribution in [3.05, 3.63) is 35.8 Å². The van der Waals surface area contributed by atoms with Gasteiger partial charge < -0.3 is 14.6 Å². The molecule has 0 amide bonds. The predicted molar refractivity (Wildman–Crippen MR) is 104 cm³/mol. The number of aromatic nitrogens is 1. The summed E-state index contributed by atoms with van der Waals surface area (Å²) in [6.45, 7) is 7.12. The van der Waals surface area contributed by atoms with Gasteiger partial charge in [0.1, 0.15) is 5.76 Å². The van der Waals surface area contributed by atoms with E-state index in [9.17, 15) is 10.2 Å². The van der Waals surface area contributed by atoms with Crippen molar-refractivity contribution in [3.63, 3.8) is 0 Å². The van der Waals surface area contributed by atoms with E-state index in [0.29, 0.717) is 29.4 Å². The summed E-state index contributed by atoms with van der Waals surface area (Å²) in [4.78, 5) is 4.09. The highest BCUT2D eigenvalue weighted by Gasteiger charge is 2.60. The Balaban J connectivity index is 1.55. The first-order valence-corrected chi connectivity index (χ1v) is 10.6. The number of fused-ring (bicyclic) bond motifs is 5. The summed E-state index contributed by atoms with van der Waals surface area (Å²) in [6, 6.07) is 0. The van der Waals surface area contributed by atoms with Crippen LogP contribution < -0.4 is 0 Å². The zero-order chi connectivity index (χ0) is 19.0. The zero-order valence-electron chi connectivity index (χ0n) is 16.6. The van der Waals surface area contributed by atoms with Crippen LogP contribution in [-0.4, -0.2) is 21.3 Å². The molecule has 2 N–H and O–H groups in total. The minimum atomic E-state index is -0.169. The molecule has 0 spiro atoms. The number of nitrogens with zero attached hydrogens (tertiary/aromatic N) is 1. The molecule has 0 radical (unpaired) electrons. The van der Waals surface area contributed by atoms with Crippen LogP contribution in [0.15, 0.2) is 34.4 Å². The van der Waals surface area contributed by atoms with Crippen molar-refractivity contribution in [2.45, 2.75) is 65.4 Å². The monoisotopic (exact) mass is 369 g/mol. The second-order valence-electron chi connectivity index (χ2n) is 10.0. The number of hydrogen-bond acceptors (Lipinski definition) is 4. The molecule has 4 aliphatic carbocycles. The van der Waals surface area contributed by atoms with Crippen LogP contribution in [0.25, 0.3) is 5.57 Å². The Labute approximate surface area is 161 Å². The fraction of sp³-hybridized carbons (Fsp3) is 0.696. The molecule has 5 rings (SSSR count). The molecule has 2 unspecified atom stereocenters. The maximum Gasteiger partial charge on any atom is 0.181 e. The summed E-state index contributed by atoms with van der Waals surface area (Å²) in [5, 5.41) is 21.1. The molecule has 0 aromatic carbocycles. The molecule has 146 valence electrons. The first kappa shape index (κ1) is 17.5. The normalized spacial score (nSPS) is 46.5. The quantitative estimate of drug-likeness (QED) is 0.674. The predicted octanol–water partition coefficient (Wildman–Crippen LogP) is 5.12. The van der Waals surface area contributed by atoms with E-state index in [-0.39, 0.29) is 16.9 Å². The van der Waals surface area contributed by atoms with E-state index >= 15 is 0 Å². The highest BCUT2D eigenvalue weighted by atomic mass is 16.3. The highest BCUT2D eigenvalue weighted by molar-refractivity contribution is 5.71. The van der Waals surface area contributed by atoms with Gasteiger partial charge >= 0.3 is 0 Å². The van der Waals surface area contributed by atoms with Crippen LogP contribution in [0.5, 0.6) is 0 Å². The maximum atomic E-state index is 10.9. The molecule has 0 bridgehead atoms. The molecular formula is C23H31NO3. The molecule has 1 aromatic rings. The summed E-state index contributed by atoms with van der Waals surface area (Å²) in [7, 11) is 0. The summed E-state index contributed by atoms with van der Waals surface area (Å²) in [5.41, 5.74) is 2.65. The van der Waals surface area contributed by atoms with Crippen molar-refractivity contribution in [2.75, 3.05) is 0 Å². The van der Waals surface area contributed by atoms with Crippen molar-refractivity contribution in [3.8, 4) is 0 Å². The van der Waals surface area contributed by atoms with E-state index in [2.05, 4.69) is 31.8 Å². The maximum absolute atomic E-state index is 10.9. The van der Waals surface area contributed by atoms with Gasteiger partial charge in [-0.15, -0.1) is 0 Å². The third-order valence-corrected chi connectivity index (χ3v) is 8.75. The summed E-state index contributed by atoms with van der Waals surface area (Å²) in [5.74, 6) is 3.37. The van der Waals surface area contributed by atoms with Crippen LogP contribution in [-0.2, 0) is 0 Å². The summed E-state index contributed by atoms with van der Waals surface area (Å²) in [6.07, 6.45) is 11.4. The topological polar surface area (TPSA) is 66.5 Å². The van der Waals surface area contributed by atoms with Crippen molar-refractivity contribution < 1.29 is 14.6 Å². The molecule has 2 fully saturated rings. The lowest BCUT2D eigenvalue weighted by Gasteiger charge is -2.59. The molecule has 4 aliphatic rings. The van der Waals surface area contributed by atoms with Crippen LogP contribution in [0.1, 0.15) is 65.1 Å². The molecule has 0 saturated heterocycles. The lowest BCUT2D eigenvalue weighted by atomic mass is 9.45. The van der Waals surface area contributed by atoms with Crippen molar-refractivity contribution >= 4 is 5.57 Å². The van der Waals surface area contributed by atoms with Gasteiger partial charge in [0.05, 0.1) is 12.3 Å². The molecule has 0 aliphatic heterocycles. The van der Waals surface area contributed by atoms with Gasteiger partial charge in [0, 0.05) is 17.4 Å². The Bertz CT molecular complexity index is 810. The molecule has 4 nitrogen and oxygen atoms in total. The zero-order valence-corrected chi connectivity index (χ0v) is 16.6. The largest absolute Gasteiger partial charge is 0.512 e. The third-order valence-electron chi connectivity index (χ3n) is 8.75. The van der Waals surface area contributed by atoms with Gasteiger partial charge in [0.15, 0.2) is 12.2 Å². The van der Waals surface area contributed by atoms with Gasteiger partial charge in [0.25, 0.3) is 0 Å². The van der Waals surface area contributed by atoms with Gasteiger partial charge in [0.2, 0.25) is 0 Å². The minimum absolute atomic E-state index is 0.0467. The number of oxazole rings is 1. The average Bonchev–Trinajstić information content (AvgIpc) is 3.21. The fourth-order valence-electron chi connectivity index (χ4n) is 7.42. The molecule has 1 aromatic heterocycles. The van der Waals surface area contributed by atoms with Crippen LogP contribution in [0, 0.1) is 34.5 Å². The van der Waals surface area contributed by atoms with E-state index in [0.717, 1.165) is 43.4 Å². The highest BCUT2D eigenvalue weighted by Crippen LogP contribution is 2.68. The molecule has 1 heterocycles. The van der Waals surface area contributed by atoms with E-state index in [1.54, 1.807) is 6.20 Å². The standard InChI is InChI=1S/C23H31NO3/c1-13-8-14-9-15(25)4-6-22(14,2)16-5-7-23(3)17(20(13)16)10-18(26)21(23)19-11-24-12-27-19/h8,11-13,15-17,20,25-26H,4-7,9-10H2,1-3H3/t13?,15?,16-,17+,20-,22+,23+/m1/s1. The number of rotatable bonds is 1. The van der Waals surface area contributed by atoms with Gasteiger partial charge in [-0.3, -0.25) is 0 Å². The molecule has 2 saturated carbocycles. The van der Waals surface area contributed by atoms with Crippen LogP contribution in [0.3, 0.4) is 0 Å². The Hall–Kier alpha value is -1.55. The van der Waals surface area contributed by atoms with E-state index in [4.69, 9.17) is 4.42 Å². The van der Waals surface area contributed by atoms with E-state index in [1.807, 2.05) is 0 Å². The number of allylic oxidation sites excluding steroid dienone is 3. The van der Waals surface area contributed by atoms with Gasteiger partial charge in [-0.2, -0.15) is 0 Å². The molecule has 7 atom stereocenters. The van der Waals surface area contributed by atoms with E-state index in [1.165, 1.54) is 18.4 Å². The van der Waals surface area contributed by atoms with Crippen LogP contribution in [0.2, 0.25) is 0 Å². The van der Waals surface area contributed by atoms with Gasteiger partial charge in [-0.1, -0.05) is 32.4 Å². The molecule has 4 heteroatoms. The first-order chi connectivity index (χ1) is 12.8. The minimum Gasteiger partial charge on any atom is -0.512 e. The Morgan fingerprint density at radius 1 is 1.11 bits per heavy atom. The summed E-state index contributed by atoms with van der Waals surface area (Å²) >= 11 is 0. The van der Waals surface area contributed by atoms with Crippen LogP contribution in [0.4, 0.5) is 0 Å². The lowest BCUT2D eigenvalue weighted by molar-refractivity contribution is -0.0440. The third kappa shape index (κ3) is 2.28. The first-order valence-electron chi connectivity index (χ1n) is 10.6. The van der Waals surface area contributed by atoms with Gasteiger partial charge in [-0.25, -0.2) is 4.98 Å². The number of aliphatic hydroxyl groups is 2. The Morgan fingerprint density at radius 3 is 2.63 bits per heavy atom. The Morgan fingerprint density at radius 2 is 1.89 bits per heavy atom. The number of hydrogen-bond donors (Lipinski definition) is 2. The molecular weight excluding hydrogens is 338 g/mol. The van der Waals surface area contributed by atoms with Crippen molar-refractivity contribution in [2.24, 2.45) is 34.5 Å². The second-order valence-corrected chi connectivity index (χ2v) is 10.0. The fourth-order valence-corrected chi connectivity index (χ4v) is 7.42. The smallest absolute Gasteiger partial charge is 0.181 e.